The van der Waals surface area contributed by atoms with Crippen LogP contribution in [0.25, 0.3) is 0 Å². The van der Waals surface area contributed by atoms with Gasteiger partial charge in [0.05, 0.1) is 0 Å². The van der Waals surface area contributed by atoms with E-state index >= 15 is 0 Å². The quantitative estimate of drug-likeness (QED) is 0.888. The number of benzene rings is 1. The molecule has 0 amide bonds. The first-order valence-electron chi connectivity index (χ1n) is 7.64. The molecule has 0 spiro atoms. The number of rotatable bonds is 6. The van der Waals surface area contributed by atoms with E-state index in [-0.39, 0.29) is 6.04 Å². The molecule has 2 aromatic rings. The monoisotopic (exact) mass is 286 g/mol. The average molecular weight is 286 g/mol. The van der Waals surface area contributed by atoms with Gasteiger partial charge in [0.1, 0.15) is 12.2 Å². The molecule has 1 unspecified atom stereocenters. The summed E-state index contributed by atoms with van der Waals surface area (Å²) in [6.07, 6.45) is 3.26. The van der Waals surface area contributed by atoms with E-state index in [4.69, 9.17) is 5.73 Å². The SMILES string of the molecule is Cc1ccc(CC(N)Cc2ncnn2CC(C)C)cc1C. The summed E-state index contributed by atoms with van der Waals surface area (Å²) in [7, 11) is 0. The predicted octanol–water partition coefficient (Wildman–Crippen LogP) is 2.66. The normalized spacial score (nSPS) is 12.9. The zero-order valence-corrected chi connectivity index (χ0v) is 13.5. The van der Waals surface area contributed by atoms with Crippen LogP contribution in [0.4, 0.5) is 0 Å². The van der Waals surface area contributed by atoms with Crippen LogP contribution in [0.2, 0.25) is 0 Å². The van der Waals surface area contributed by atoms with Crippen LogP contribution in [-0.4, -0.2) is 20.8 Å². The second-order valence-corrected chi connectivity index (χ2v) is 6.34. The molecule has 1 aromatic carbocycles. The summed E-state index contributed by atoms with van der Waals surface area (Å²) in [4.78, 5) is 4.35. The van der Waals surface area contributed by atoms with E-state index in [2.05, 4.69) is 56.0 Å². The van der Waals surface area contributed by atoms with E-state index in [1.54, 1.807) is 6.33 Å². The van der Waals surface area contributed by atoms with E-state index < -0.39 is 0 Å². The van der Waals surface area contributed by atoms with Crippen LogP contribution in [0.5, 0.6) is 0 Å². The molecule has 0 radical (unpaired) electrons. The molecular weight excluding hydrogens is 260 g/mol. The zero-order valence-electron chi connectivity index (χ0n) is 13.5. The van der Waals surface area contributed by atoms with Gasteiger partial charge in [-0.1, -0.05) is 32.0 Å². The minimum Gasteiger partial charge on any atom is -0.327 e. The Labute approximate surface area is 127 Å². The van der Waals surface area contributed by atoms with Crippen LogP contribution in [-0.2, 0) is 19.4 Å². The molecule has 21 heavy (non-hydrogen) atoms. The van der Waals surface area contributed by atoms with Gasteiger partial charge in [0.25, 0.3) is 0 Å². The lowest BCUT2D eigenvalue weighted by Crippen LogP contribution is -2.27. The Morgan fingerprint density at radius 3 is 2.57 bits per heavy atom. The van der Waals surface area contributed by atoms with Crippen molar-refractivity contribution in [1.29, 1.82) is 0 Å². The summed E-state index contributed by atoms with van der Waals surface area (Å²) >= 11 is 0. The van der Waals surface area contributed by atoms with Crippen LogP contribution in [0.3, 0.4) is 0 Å². The summed E-state index contributed by atoms with van der Waals surface area (Å²) < 4.78 is 1.98. The van der Waals surface area contributed by atoms with Gasteiger partial charge >= 0.3 is 0 Å². The molecule has 0 aliphatic rings. The fourth-order valence-corrected chi connectivity index (χ4v) is 2.48. The van der Waals surface area contributed by atoms with Gasteiger partial charge in [-0.2, -0.15) is 5.10 Å². The minimum absolute atomic E-state index is 0.0715. The van der Waals surface area contributed by atoms with Gasteiger partial charge in [-0.15, -0.1) is 0 Å². The molecule has 0 bridgehead atoms. The lowest BCUT2D eigenvalue weighted by Gasteiger charge is -2.14. The van der Waals surface area contributed by atoms with Crippen molar-refractivity contribution in [1.82, 2.24) is 14.8 Å². The van der Waals surface area contributed by atoms with Crippen molar-refractivity contribution in [2.24, 2.45) is 11.7 Å². The van der Waals surface area contributed by atoms with Crippen molar-refractivity contribution in [3.8, 4) is 0 Å². The topological polar surface area (TPSA) is 56.7 Å². The summed E-state index contributed by atoms with van der Waals surface area (Å²) in [5.41, 5.74) is 10.2. The maximum absolute atomic E-state index is 6.30. The smallest absolute Gasteiger partial charge is 0.138 e. The second kappa shape index (κ2) is 6.85. The molecule has 2 rings (SSSR count). The first-order chi connectivity index (χ1) is 9.95. The number of aryl methyl sites for hydroxylation is 2. The molecule has 0 saturated heterocycles. The number of aromatic nitrogens is 3. The van der Waals surface area contributed by atoms with Crippen LogP contribution < -0.4 is 5.73 Å². The highest BCUT2D eigenvalue weighted by Gasteiger charge is 2.12. The van der Waals surface area contributed by atoms with E-state index in [1.165, 1.54) is 16.7 Å². The van der Waals surface area contributed by atoms with Crippen molar-refractivity contribution >= 4 is 0 Å². The van der Waals surface area contributed by atoms with Gasteiger partial charge in [-0.25, -0.2) is 9.67 Å². The van der Waals surface area contributed by atoms with Crippen LogP contribution in [0.15, 0.2) is 24.5 Å². The van der Waals surface area contributed by atoms with Gasteiger partial charge in [0.2, 0.25) is 0 Å². The molecule has 0 aliphatic heterocycles. The highest BCUT2D eigenvalue weighted by molar-refractivity contribution is 5.30. The molecule has 1 atom stereocenters. The number of hydrogen-bond donors (Lipinski definition) is 1. The molecule has 2 N–H and O–H groups in total. The maximum Gasteiger partial charge on any atom is 0.138 e. The first-order valence-corrected chi connectivity index (χ1v) is 7.64. The predicted molar refractivity (Wildman–Crippen MR) is 86.2 cm³/mol. The van der Waals surface area contributed by atoms with Crippen molar-refractivity contribution in [2.45, 2.75) is 53.1 Å². The van der Waals surface area contributed by atoms with Crippen LogP contribution in [0.1, 0.15) is 36.4 Å². The van der Waals surface area contributed by atoms with Crippen molar-refractivity contribution in [3.05, 3.63) is 47.0 Å². The molecule has 4 nitrogen and oxygen atoms in total. The molecule has 1 aromatic heterocycles. The van der Waals surface area contributed by atoms with Gasteiger partial charge in [-0.05, 0) is 42.9 Å². The minimum atomic E-state index is 0.0715. The number of hydrogen-bond acceptors (Lipinski definition) is 3. The summed E-state index contributed by atoms with van der Waals surface area (Å²) in [5.74, 6) is 1.54. The fraction of sp³-hybridized carbons (Fsp3) is 0.529. The Hall–Kier alpha value is -1.68. The Kier molecular flexibility index (Phi) is 5.12. The standard InChI is InChI=1S/C17H26N4/c1-12(2)10-21-17(19-11-20-21)9-16(18)8-15-6-5-13(3)14(4)7-15/h5-7,11-12,16H,8-10,18H2,1-4H3. The lowest BCUT2D eigenvalue weighted by atomic mass is 9.99. The highest BCUT2D eigenvalue weighted by atomic mass is 15.3. The maximum atomic E-state index is 6.30. The van der Waals surface area contributed by atoms with Crippen molar-refractivity contribution < 1.29 is 0 Å². The third-order valence-electron chi connectivity index (χ3n) is 3.75. The molecule has 0 saturated carbocycles. The summed E-state index contributed by atoms with van der Waals surface area (Å²) in [6, 6.07) is 6.63. The Balaban J connectivity index is 1.99. The zero-order chi connectivity index (χ0) is 15.4. The molecule has 114 valence electrons. The Morgan fingerprint density at radius 1 is 1.14 bits per heavy atom. The van der Waals surface area contributed by atoms with Gasteiger partial charge in [0.15, 0.2) is 0 Å². The largest absolute Gasteiger partial charge is 0.327 e. The molecule has 0 fully saturated rings. The second-order valence-electron chi connectivity index (χ2n) is 6.34. The van der Waals surface area contributed by atoms with Crippen molar-refractivity contribution in [2.75, 3.05) is 0 Å². The highest BCUT2D eigenvalue weighted by Crippen LogP contribution is 2.12. The van der Waals surface area contributed by atoms with Crippen LogP contribution in [0, 0.1) is 19.8 Å². The lowest BCUT2D eigenvalue weighted by molar-refractivity contribution is 0.457. The third kappa shape index (κ3) is 4.39. The van der Waals surface area contributed by atoms with E-state index in [9.17, 15) is 0 Å². The van der Waals surface area contributed by atoms with E-state index in [0.717, 1.165) is 25.2 Å². The van der Waals surface area contributed by atoms with E-state index in [1.807, 2.05) is 4.68 Å². The summed E-state index contributed by atoms with van der Waals surface area (Å²) in [6.45, 7) is 9.53. The fourth-order valence-electron chi connectivity index (χ4n) is 2.48. The number of nitrogens with zero attached hydrogens (tertiary/aromatic N) is 3. The average Bonchev–Trinajstić information content (AvgIpc) is 2.80. The van der Waals surface area contributed by atoms with Gasteiger partial charge in [-0.3, -0.25) is 0 Å². The Bertz CT molecular complexity index is 586. The number of nitrogens with two attached hydrogens (primary N) is 1. The van der Waals surface area contributed by atoms with E-state index in [0.29, 0.717) is 5.92 Å². The summed E-state index contributed by atoms with van der Waals surface area (Å²) in [5, 5.41) is 4.29. The third-order valence-corrected chi connectivity index (χ3v) is 3.75. The molecule has 4 heteroatoms. The van der Waals surface area contributed by atoms with Gasteiger partial charge < -0.3 is 5.73 Å². The van der Waals surface area contributed by atoms with Gasteiger partial charge in [0, 0.05) is 19.0 Å². The Morgan fingerprint density at radius 2 is 1.90 bits per heavy atom. The van der Waals surface area contributed by atoms with Crippen LogP contribution >= 0.6 is 0 Å². The molecular formula is C17H26N4. The first kappa shape index (κ1) is 15.7. The van der Waals surface area contributed by atoms with Crippen molar-refractivity contribution in [3.63, 3.8) is 0 Å². The molecule has 1 heterocycles. The molecule has 0 aliphatic carbocycles.